The van der Waals surface area contributed by atoms with Gasteiger partial charge in [0.1, 0.15) is 0 Å². The van der Waals surface area contributed by atoms with Crippen LogP contribution in [0.4, 0.5) is 0 Å². The van der Waals surface area contributed by atoms with Crippen molar-refractivity contribution in [1.29, 1.82) is 0 Å². The van der Waals surface area contributed by atoms with Gasteiger partial charge in [-0.25, -0.2) is 0 Å². The van der Waals surface area contributed by atoms with Crippen LogP contribution in [0.15, 0.2) is 205 Å². The summed E-state index contributed by atoms with van der Waals surface area (Å²) in [6.07, 6.45) is 0. The molecule has 0 atom stereocenters. The van der Waals surface area contributed by atoms with E-state index in [1.54, 1.807) is 0 Å². The van der Waals surface area contributed by atoms with Gasteiger partial charge < -0.3 is 0 Å². The van der Waals surface area contributed by atoms with E-state index < -0.39 is 0 Å². The highest BCUT2D eigenvalue weighted by atomic mass is 79.9. The lowest BCUT2D eigenvalue weighted by atomic mass is 9.78. The highest BCUT2D eigenvalue weighted by Gasteiger charge is 2.24. The summed E-state index contributed by atoms with van der Waals surface area (Å²) in [6, 6.07) is 72.6. The summed E-state index contributed by atoms with van der Waals surface area (Å²) in [4.78, 5) is 0. The van der Waals surface area contributed by atoms with Crippen LogP contribution in [-0.2, 0) is 0 Å². The molecule has 0 heterocycles. The summed E-state index contributed by atoms with van der Waals surface area (Å²) in [7, 11) is 0. The molecule has 0 radical (unpaired) electrons. The minimum atomic E-state index is 1.14. The number of benzene rings is 9. The van der Waals surface area contributed by atoms with Gasteiger partial charge in [0.05, 0.1) is 0 Å². The summed E-state index contributed by atoms with van der Waals surface area (Å²) in [6.45, 7) is 0. The summed E-state index contributed by atoms with van der Waals surface area (Å²) >= 11 is 3.96. The number of rotatable bonds is 6. The smallest absolute Gasteiger partial charge is 0.0332 e. The first-order valence-electron chi connectivity index (χ1n) is 17.4. The maximum Gasteiger partial charge on any atom is 0.0332 e. The van der Waals surface area contributed by atoms with Crippen molar-refractivity contribution in [1.82, 2.24) is 0 Å². The van der Waals surface area contributed by atoms with Gasteiger partial charge in [0.15, 0.2) is 0 Å². The number of hydrogen-bond acceptors (Lipinski definition) is 0. The van der Waals surface area contributed by atoms with E-state index in [0.717, 1.165) is 4.47 Å². The van der Waals surface area contributed by atoms with Crippen molar-refractivity contribution in [3.05, 3.63) is 205 Å². The van der Waals surface area contributed by atoms with Crippen molar-refractivity contribution in [3.8, 4) is 66.8 Å². The van der Waals surface area contributed by atoms with Crippen molar-refractivity contribution in [2.45, 2.75) is 0 Å². The molecule has 0 spiro atoms. The highest BCUT2D eigenvalue weighted by molar-refractivity contribution is 9.10. The van der Waals surface area contributed by atoms with E-state index in [1.807, 2.05) is 0 Å². The molecule has 0 N–H and O–H groups in total. The molecule has 0 saturated carbocycles. The number of hydrogen-bond donors (Lipinski definition) is 0. The number of fused-ring (bicyclic) bond motifs is 2. The van der Waals surface area contributed by atoms with Crippen molar-refractivity contribution >= 4 is 37.5 Å². The van der Waals surface area contributed by atoms with Gasteiger partial charge in [-0.05, 0) is 116 Å². The Morgan fingerprint density at radius 2 is 0.588 bits per heavy atom. The zero-order valence-electron chi connectivity index (χ0n) is 27.9. The van der Waals surface area contributed by atoms with Crippen LogP contribution in [0.25, 0.3) is 88.3 Å². The maximum absolute atomic E-state index is 3.96. The Morgan fingerprint density at radius 1 is 0.235 bits per heavy atom. The molecule has 0 amide bonds. The summed E-state index contributed by atoms with van der Waals surface area (Å²) in [5.74, 6) is 0. The standard InChI is InChI=1S/C50H33Br/c51-50-42-30-15-13-28-40(42)46(41-29-14-16-31-43(41)50)39-27-17-26-38(32-39)45-33-44(34-18-5-1-6-19-34)47(35-20-7-2-8-21-35)49(37-24-11-4-12-25-37)48(45)36-22-9-3-10-23-36/h1-33H. The first-order valence-corrected chi connectivity index (χ1v) is 18.2. The van der Waals surface area contributed by atoms with Gasteiger partial charge in [-0.3, -0.25) is 0 Å². The van der Waals surface area contributed by atoms with Crippen LogP contribution in [0.5, 0.6) is 0 Å². The first kappa shape index (κ1) is 31.0. The molecule has 0 unspecified atom stereocenters. The third-order valence-corrected chi connectivity index (χ3v) is 10.8. The van der Waals surface area contributed by atoms with Gasteiger partial charge >= 0.3 is 0 Å². The lowest BCUT2D eigenvalue weighted by molar-refractivity contribution is 1.53. The topological polar surface area (TPSA) is 0 Å². The lowest BCUT2D eigenvalue weighted by Crippen LogP contribution is -1.98. The molecule has 0 aliphatic heterocycles. The molecule has 0 fully saturated rings. The molecule has 9 rings (SSSR count). The van der Waals surface area contributed by atoms with Crippen LogP contribution in [0, 0.1) is 0 Å². The Balaban J connectivity index is 1.42. The zero-order chi connectivity index (χ0) is 34.1. The molecule has 0 aliphatic carbocycles. The predicted molar refractivity (Wildman–Crippen MR) is 222 cm³/mol. The monoisotopic (exact) mass is 712 g/mol. The molecule has 240 valence electrons. The first-order chi connectivity index (χ1) is 25.3. The van der Waals surface area contributed by atoms with Crippen LogP contribution >= 0.6 is 15.9 Å². The summed E-state index contributed by atoms with van der Waals surface area (Å²) in [5, 5.41) is 4.90. The molecule has 9 aromatic rings. The van der Waals surface area contributed by atoms with Gasteiger partial charge in [-0.15, -0.1) is 0 Å². The molecule has 1 heteroatoms. The minimum Gasteiger partial charge on any atom is -0.0622 e. The second-order valence-corrected chi connectivity index (χ2v) is 13.7. The molecule has 9 aromatic carbocycles. The Morgan fingerprint density at radius 3 is 1.08 bits per heavy atom. The maximum atomic E-state index is 3.96. The Labute approximate surface area is 307 Å². The van der Waals surface area contributed by atoms with E-state index in [2.05, 4.69) is 216 Å². The van der Waals surface area contributed by atoms with Gasteiger partial charge in [0, 0.05) is 4.47 Å². The average Bonchev–Trinajstić information content (AvgIpc) is 3.21. The zero-order valence-corrected chi connectivity index (χ0v) is 29.5. The lowest BCUT2D eigenvalue weighted by Gasteiger charge is -2.25. The molecule has 0 nitrogen and oxygen atoms in total. The van der Waals surface area contributed by atoms with Crippen molar-refractivity contribution in [3.63, 3.8) is 0 Å². The normalized spacial score (nSPS) is 11.2. The van der Waals surface area contributed by atoms with Crippen LogP contribution in [0.2, 0.25) is 0 Å². The van der Waals surface area contributed by atoms with E-state index >= 15 is 0 Å². The van der Waals surface area contributed by atoms with Crippen molar-refractivity contribution < 1.29 is 0 Å². The predicted octanol–water partition coefficient (Wildman–Crippen LogP) is 14.8. The van der Waals surface area contributed by atoms with Crippen LogP contribution in [0.3, 0.4) is 0 Å². The van der Waals surface area contributed by atoms with Crippen LogP contribution in [-0.4, -0.2) is 0 Å². The quantitative estimate of drug-likeness (QED) is 0.151. The molecule has 0 saturated heterocycles. The summed E-state index contributed by atoms with van der Waals surface area (Å²) in [5.41, 5.74) is 14.5. The third-order valence-electron chi connectivity index (χ3n) is 9.93. The van der Waals surface area contributed by atoms with Crippen LogP contribution < -0.4 is 0 Å². The van der Waals surface area contributed by atoms with Gasteiger partial charge in [-0.2, -0.15) is 0 Å². The molecular formula is C50H33Br. The van der Waals surface area contributed by atoms with E-state index in [-0.39, 0.29) is 0 Å². The van der Waals surface area contributed by atoms with E-state index in [0.29, 0.717) is 0 Å². The molecule has 51 heavy (non-hydrogen) atoms. The SMILES string of the molecule is Brc1c2ccccc2c(-c2cccc(-c3cc(-c4ccccc4)c(-c4ccccc4)c(-c4ccccc4)c3-c3ccccc3)c2)c2ccccc12. The van der Waals surface area contributed by atoms with Crippen LogP contribution in [0.1, 0.15) is 0 Å². The third kappa shape index (κ3) is 5.57. The molecule has 0 aromatic heterocycles. The Kier molecular flexibility index (Phi) is 8.12. The molecule has 0 bridgehead atoms. The highest BCUT2D eigenvalue weighted by Crippen LogP contribution is 2.51. The fourth-order valence-corrected chi connectivity index (χ4v) is 8.38. The van der Waals surface area contributed by atoms with Gasteiger partial charge in [0.2, 0.25) is 0 Å². The van der Waals surface area contributed by atoms with E-state index in [9.17, 15) is 0 Å². The van der Waals surface area contributed by atoms with E-state index in [4.69, 9.17) is 0 Å². The Bertz CT molecular complexity index is 2600. The largest absolute Gasteiger partial charge is 0.0622 e. The van der Waals surface area contributed by atoms with Gasteiger partial charge in [0.25, 0.3) is 0 Å². The fourth-order valence-electron chi connectivity index (χ4n) is 7.69. The summed E-state index contributed by atoms with van der Waals surface area (Å²) < 4.78 is 1.14. The molecular weight excluding hydrogens is 680 g/mol. The second-order valence-electron chi connectivity index (χ2n) is 12.9. The Hall–Kier alpha value is -6.02. The minimum absolute atomic E-state index is 1.14. The van der Waals surface area contributed by atoms with Crippen molar-refractivity contribution in [2.24, 2.45) is 0 Å². The van der Waals surface area contributed by atoms with Gasteiger partial charge in [-0.1, -0.05) is 188 Å². The van der Waals surface area contributed by atoms with Crippen molar-refractivity contribution in [2.75, 3.05) is 0 Å². The second kappa shape index (κ2) is 13.4. The fraction of sp³-hybridized carbons (Fsp3) is 0. The molecule has 0 aliphatic rings. The van der Waals surface area contributed by atoms with E-state index in [1.165, 1.54) is 88.3 Å². The average molecular weight is 714 g/mol. The number of halogens is 1.